The van der Waals surface area contributed by atoms with Gasteiger partial charge in [0.15, 0.2) is 5.11 Å². The zero-order valence-electron chi connectivity index (χ0n) is 18.3. The molecule has 7 heteroatoms. The van der Waals surface area contributed by atoms with Gasteiger partial charge < -0.3 is 19.5 Å². The number of hydrogen-bond acceptors (Lipinski definition) is 3. The maximum atomic E-state index is 6.30. The highest BCUT2D eigenvalue weighted by Gasteiger charge is 2.42. The Morgan fingerprint density at radius 2 is 2.06 bits per heavy atom. The van der Waals surface area contributed by atoms with Crippen LogP contribution in [-0.2, 0) is 4.74 Å². The molecule has 1 aromatic carbocycles. The Hall–Kier alpha value is -2.41. The van der Waals surface area contributed by atoms with Crippen LogP contribution in [0.15, 0.2) is 54.7 Å². The number of nitrogens with zero attached hydrogens (tertiary/aromatic N) is 3. The minimum atomic E-state index is -0.0292. The molecule has 2 fully saturated rings. The Morgan fingerprint density at radius 1 is 1.19 bits per heavy atom. The summed E-state index contributed by atoms with van der Waals surface area (Å²) in [6.45, 7) is 5.92. The Morgan fingerprint density at radius 3 is 2.78 bits per heavy atom. The van der Waals surface area contributed by atoms with Crippen molar-refractivity contribution in [2.45, 2.75) is 44.9 Å². The monoisotopic (exact) mass is 466 g/mol. The fourth-order valence-electron chi connectivity index (χ4n) is 5.05. The average Bonchev–Trinajstić information content (AvgIpc) is 3.48. The Labute approximate surface area is 199 Å². The van der Waals surface area contributed by atoms with Gasteiger partial charge in [0.2, 0.25) is 0 Å². The Bertz CT molecular complexity index is 1130. The van der Waals surface area contributed by atoms with Crippen LogP contribution in [0.25, 0.3) is 5.69 Å². The number of thiocarbonyl (C=S) groups is 1. The number of ether oxygens (including phenoxy) is 1. The molecule has 166 valence electrons. The van der Waals surface area contributed by atoms with E-state index in [2.05, 4.69) is 51.8 Å². The molecule has 0 saturated carbocycles. The van der Waals surface area contributed by atoms with Crippen molar-refractivity contribution in [1.29, 1.82) is 0 Å². The maximum Gasteiger partial charge on any atom is 0.170 e. The third-order valence-corrected chi connectivity index (χ3v) is 7.06. The summed E-state index contributed by atoms with van der Waals surface area (Å²) in [5, 5.41) is 5.04. The van der Waals surface area contributed by atoms with Gasteiger partial charge in [-0.1, -0.05) is 23.7 Å². The minimum Gasteiger partial charge on any atom is -0.376 e. The van der Waals surface area contributed by atoms with E-state index in [0.717, 1.165) is 53.2 Å². The van der Waals surface area contributed by atoms with E-state index in [1.165, 1.54) is 11.3 Å². The zero-order chi connectivity index (χ0) is 22.2. The van der Waals surface area contributed by atoms with Crippen molar-refractivity contribution in [2.75, 3.05) is 13.2 Å². The van der Waals surface area contributed by atoms with Gasteiger partial charge in [-0.25, -0.2) is 0 Å². The first kappa shape index (κ1) is 21.4. The molecule has 0 amide bonds. The summed E-state index contributed by atoms with van der Waals surface area (Å²) in [6, 6.07) is 16.3. The first-order valence-corrected chi connectivity index (χ1v) is 11.9. The first-order chi connectivity index (χ1) is 15.5. The summed E-state index contributed by atoms with van der Waals surface area (Å²) in [5.74, 6) is 0. The largest absolute Gasteiger partial charge is 0.376 e. The van der Waals surface area contributed by atoms with Crippen LogP contribution in [0.2, 0.25) is 5.02 Å². The molecule has 0 aliphatic carbocycles. The summed E-state index contributed by atoms with van der Waals surface area (Å²) >= 11 is 12.1. The van der Waals surface area contributed by atoms with Crippen molar-refractivity contribution in [3.8, 4) is 5.69 Å². The van der Waals surface area contributed by atoms with Crippen LogP contribution in [0.4, 0.5) is 0 Å². The van der Waals surface area contributed by atoms with Gasteiger partial charge in [-0.15, -0.1) is 0 Å². The van der Waals surface area contributed by atoms with Crippen molar-refractivity contribution < 1.29 is 4.74 Å². The lowest BCUT2D eigenvalue weighted by Crippen LogP contribution is -2.36. The highest BCUT2D eigenvalue weighted by molar-refractivity contribution is 7.80. The SMILES string of the molecule is Cc1cc([C@@H]2[C@@H](c3ccccn3)NC(=S)N2C[C@H]2CCCO2)c(C)n1-c1cccc(Cl)c1. The fraction of sp³-hybridized carbons (Fsp3) is 0.360. The molecule has 5 nitrogen and oxygen atoms in total. The van der Waals surface area contributed by atoms with E-state index in [0.29, 0.717) is 0 Å². The van der Waals surface area contributed by atoms with E-state index < -0.39 is 0 Å². The topological polar surface area (TPSA) is 42.3 Å². The molecule has 2 aliphatic heterocycles. The first-order valence-electron chi connectivity index (χ1n) is 11.1. The summed E-state index contributed by atoms with van der Waals surface area (Å²) in [7, 11) is 0. The lowest BCUT2D eigenvalue weighted by atomic mass is 9.96. The lowest BCUT2D eigenvalue weighted by Gasteiger charge is -2.30. The number of nitrogens with one attached hydrogen (secondary N) is 1. The van der Waals surface area contributed by atoms with Crippen molar-refractivity contribution in [2.24, 2.45) is 0 Å². The Balaban J connectivity index is 1.59. The molecular weight excluding hydrogens is 440 g/mol. The number of aryl methyl sites for hydroxylation is 1. The molecule has 3 atom stereocenters. The third-order valence-electron chi connectivity index (χ3n) is 6.48. The van der Waals surface area contributed by atoms with Crippen molar-refractivity contribution in [3.63, 3.8) is 0 Å². The van der Waals surface area contributed by atoms with Gasteiger partial charge in [0, 0.05) is 41.4 Å². The van der Waals surface area contributed by atoms with Crippen LogP contribution < -0.4 is 5.32 Å². The number of aromatic nitrogens is 2. The molecule has 4 heterocycles. The molecule has 0 bridgehead atoms. The van der Waals surface area contributed by atoms with E-state index in [1.54, 1.807) is 0 Å². The van der Waals surface area contributed by atoms with Gasteiger partial charge in [-0.3, -0.25) is 4.98 Å². The molecule has 2 saturated heterocycles. The second-order valence-electron chi connectivity index (χ2n) is 8.56. The highest BCUT2D eigenvalue weighted by Crippen LogP contribution is 2.42. The number of pyridine rings is 1. The standard InChI is InChI=1S/C25H27ClN4OS/c1-16-13-21(17(2)30(16)19-8-5-7-18(26)14-19)24-23(22-10-3-4-11-27-22)28-25(32)29(24)15-20-9-6-12-31-20/h3-5,7-8,10-11,13-14,20,23-24H,6,9,12,15H2,1-2H3,(H,28,32)/t20-,23-,24-/m1/s1. The lowest BCUT2D eigenvalue weighted by molar-refractivity contribution is 0.0842. The van der Waals surface area contributed by atoms with Gasteiger partial charge in [0.1, 0.15) is 0 Å². The average molecular weight is 467 g/mol. The number of benzene rings is 1. The molecule has 5 rings (SSSR count). The predicted molar refractivity (Wildman–Crippen MR) is 131 cm³/mol. The van der Waals surface area contributed by atoms with Crippen LogP contribution in [0.5, 0.6) is 0 Å². The summed E-state index contributed by atoms with van der Waals surface area (Å²) in [4.78, 5) is 6.96. The summed E-state index contributed by atoms with van der Waals surface area (Å²) in [5.41, 5.74) is 5.63. The molecule has 0 unspecified atom stereocenters. The van der Waals surface area contributed by atoms with Gasteiger partial charge in [0.25, 0.3) is 0 Å². The van der Waals surface area contributed by atoms with Crippen LogP contribution >= 0.6 is 23.8 Å². The van der Waals surface area contributed by atoms with E-state index in [4.69, 9.17) is 28.6 Å². The van der Waals surface area contributed by atoms with Crippen molar-refractivity contribution in [3.05, 3.63) is 82.4 Å². The normalized spacial score (nSPS) is 23.0. The van der Waals surface area contributed by atoms with Crippen LogP contribution in [0, 0.1) is 13.8 Å². The van der Waals surface area contributed by atoms with Crippen LogP contribution in [0.1, 0.15) is 47.6 Å². The number of rotatable bonds is 5. The fourth-order valence-corrected chi connectivity index (χ4v) is 5.55. The number of halogens is 1. The molecule has 0 spiro atoms. The third kappa shape index (κ3) is 3.91. The summed E-state index contributed by atoms with van der Waals surface area (Å²) in [6.07, 6.45) is 4.23. The van der Waals surface area contributed by atoms with Crippen LogP contribution in [-0.4, -0.2) is 38.8 Å². The van der Waals surface area contributed by atoms with Gasteiger partial charge in [-0.2, -0.15) is 0 Å². The smallest absolute Gasteiger partial charge is 0.170 e. The molecular formula is C25H27ClN4OS. The highest BCUT2D eigenvalue weighted by atomic mass is 35.5. The molecule has 32 heavy (non-hydrogen) atoms. The van der Waals surface area contributed by atoms with Gasteiger partial charge in [0.05, 0.1) is 23.9 Å². The van der Waals surface area contributed by atoms with E-state index in [1.807, 2.05) is 36.5 Å². The van der Waals surface area contributed by atoms with Gasteiger partial charge >= 0.3 is 0 Å². The van der Waals surface area contributed by atoms with E-state index >= 15 is 0 Å². The van der Waals surface area contributed by atoms with Crippen molar-refractivity contribution in [1.82, 2.24) is 19.8 Å². The molecule has 0 radical (unpaired) electrons. The van der Waals surface area contributed by atoms with Crippen molar-refractivity contribution >= 4 is 28.9 Å². The molecule has 2 aliphatic rings. The van der Waals surface area contributed by atoms with E-state index in [9.17, 15) is 0 Å². The number of hydrogen-bond donors (Lipinski definition) is 1. The second-order valence-corrected chi connectivity index (χ2v) is 9.38. The van der Waals surface area contributed by atoms with Crippen LogP contribution in [0.3, 0.4) is 0 Å². The quantitative estimate of drug-likeness (QED) is 0.517. The zero-order valence-corrected chi connectivity index (χ0v) is 19.9. The predicted octanol–water partition coefficient (Wildman–Crippen LogP) is 5.29. The van der Waals surface area contributed by atoms with Gasteiger partial charge in [-0.05, 0) is 80.9 Å². The Kier molecular flexibility index (Phi) is 5.93. The summed E-state index contributed by atoms with van der Waals surface area (Å²) < 4.78 is 8.23. The molecule has 3 aromatic rings. The second kappa shape index (κ2) is 8.85. The maximum absolute atomic E-state index is 6.30. The molecule has 2 aromatic heterocycles. The molecule has 1 N–H and O–H groups in total. The van der Waals surface area contributed by atoms with E-state index in [-0.39, 0.29) is 18.2 Å². The minimum absolute atomic E-state index is 0.0285.